The molecule has 3 aromatic rings. The van der Waals surface area contributed by atoms with Gasteiger partial charge in [-0.15, -0.1) is 0 Å². The van der Waals surface area contributed by atoms with Crippen molar-refractivity contribution in [3.05, 3.63) is 37.2 Å². The normalized spacial score (nSPS) is 10.7. The van der Waals surface area contributed by atoms with Crippen molar-refractivity contribution in [1.82, 2.24) is 19.7 Å². The van der Waals surface area contributed by atoms with Crippen molar-refractivity contribution in [3.8, 4) is 17.0 Å². The number of hydrogen-bond acceptors (Lipinski definition) is 6. The largest absolute Gasteiger partial charge is 0.508 e. The zero-order valence-corrected chi connectivity index (χ0v) is 12.3. The fourth-order valence-corrected chi connectivity index (χ4v) is 2.32. The van der Waals surface area contributed by atoms with Crippen LogP contribution in [0.3, 0.4) is 0 Å². The van der Waals surface area contributed by atoms with Crippen molar-refractivity contribution < 1.29 is 9.90 Å². The number of benzene rings is 1. The van der Waals surface area contributed by atoms with Crippen molar-refractivity contribution in [2.75, 3.05) is 11.1 Å². The second-order valence-corrected chi connectivity index (χ2v) is 4.89. The Morgan fingerprint density at radius 3 is 2.91 bits per heavy atom. The number of rotatable bonds is 3. The number of phenols is 1. The molecule has 1 aromatic carbocycles. The molecular formula is C15H14N6O2. The Morgan fingerprint density at radius 1 is 1.39 bits per heavy atom. The Bertz CT molecular complexity index is 931. The molecule has 8 nitrogen and oxygen atoms in total. The van der Waals surface area contributed by atoms with E-state index in [4.69, 9.17) is 5.73 Å². The summed E-state index contributed by atoms with van der Waals surface area (Å²) in [7, 11) is 1.74. The number of aromatic nitrogens is 4. The molecule has 0 unspecified atom stereocenters. The third-order valence-electron chi connectivity index (χ3n) is 3.29. The number of phenolic OH excluding ortho intramolecular Hbond substituents is 1. The number of aryl methyl sites for hydroxylation is 1. The van der Waals surface area contributed by atoms with Gasteiger partial charge >= 0.3 is 0 Å². The Morgan fingerprint density at radius 2 is 2.17 bits per heavy atom. The standard InChI is InChI=1S/C15H14N6O2/c1-3-11(23)19-9-4-8(5-10(22)6-9)13-12-14(16)17-7-18-15(12)21(2)20-13/h3-7,22H,1H2,2H3,(H,19,23)(H2,16,17,18). The number of nitrogen functional groups attached to an aromatic ring is 1. The molecule has 1 amide bonds. The van der Waals surface area contributed by atoms with Crippen LogP contribution in [0.4, 0.5) is 11.5 Å². The lowest BCUT2D eigenvalue weighted by molar-refractivity contribution is -0.111. The molecule has 8 heteroatoms. The minimum absolute atomic E-state index is 0.0175. The van der Waals surface area contributed by atoms with Crippen molar-refractivity contribution in [2.24, 2.45) is 7.05 Å². The molecule has 0 aliphatic carbocycles. The van der Waals surface area contributed by atoms with E-state index in [0.29, 0.717) is 28.0 Å². The summed E-state index contributed by atoms with van der Waals surface area (Å²) in [4.78, 5) is 19.6. The minimum atomic E-state index is -0.379. The highest BCUT2D eigenvalue weighted by Gasteiger charge is 2.16. The average molecular weight is 310 g/mol. The fraction of sp³-hybridized carbons (Fsp3) is 0.0667. The fourth-order valence-electron chi connectivity index (χ4n) is 2.32. The number of fused-ring (bicyclic) bond motifs is 1. The van der Waals surface area contributed by atoms with Gasteiger partial charge in [0.15, 0.2) is 5.65 Å². The van der Waals surface area contributed by atoms with Gasteiger partial charge in [0.05, 0.1) is 5.39 Å². The predicted octanol–water partition coefficient (Wildman–Crippen LogP) is 1.44. The van der Waals surface area contributed by atoms with Crippen LogP contribution < -0.4 is 11.1 Å². The van der Waals surface area contributed by atoms with E-state index in [9.17, 15) is 9.90 Å². The smallest absolute Gasteiger partial charge is 0.247 e. The van der Waals surface area contributed by atoms with Gasteiger partial charge < -0.3 is 16.2 Å². The molecule has 2 aromatic heterocycles. The van der Waals surface area contributed by atoms with Gasteiger partial charge in [0.25, 0.3) is 0 Å². The van der Waals surface area contributed by atoms with E-state index < -0.39 is 0 Å². The van der Waals surface area contributed by atoms with Gasteiger partial charge in [-0.3, -0.25) is 4.79 Å². The van der Waals surface area contributed by atoms with Crippen LogP contribution in [0.5, 0.6) is 5.75 Å². The lowest BCUT2D eigenvalue weighted by Gasteiger charge is -2.06. The number of amides is 1. The summed E-state index contributed by atoms with van der Waals surface area (Å²) in [6, 6.07) is 4.63. The van der Waals surface area contributed by atoms with Gasteiger partial charge in [0, 0.05) is 24.4 Å². The molecule has 0 saturated carbocycles. The first-order valence-corrected chi connectivity index (χ1v) is 6.70. The number of anilines is 2. The molecule has 0 atom stereocenters. The van der Waals surface area contributed by atoms with Gasteiger partial charge in [0.1, 0.15) is 23.6 Å². The molecule has 0 aliphatic heterocycles. The Kier molecular flexibility index (Phi) is 3.41. The van der Waals surface area contributed by atoms with Crippen molar-refractivity contribution in [3.63, 3.8) is 0 Å². The van der Waals surface area contributed by atoms with Crippen LogP contribution in [-0.2, 0) is 11.8 Å². The molecule has 4 N–H and O–H groups in total. The molecule has 0 radical (unpaired) electrons. The highest BCUT2D eigenvalue weighted by molar-refractivity contribution is 6.01. The van der Waals surface area contributed by atoms with Gasteiger partial charge in [-0.2, -0.15) is 5.10 Å². The topological polar surface area (TPSA) is 119 Å². The predicted molar refractivity (Wildman–Crippen MR) is 86.6 cm³/mol. The summed E-state index contributed by atoms with van der Waals surface area (Å²) in [6.45, 7) is 3.39. The second-order valence-electron chi connectivity index (χ2n) is 4.89. The summed E-state index contributed by atoms with van der Waals surface area (Å²) in [5.41, 5.74) is 8.03. The number of carbonyl (C=O) groups is 1. The maximum atomic E-state index is 11.4. The van der Waals surface area contributed by atoms with Crippen LogP contribution in [0.1, 0.15) is 0 Å². The molecular weight excluding hydrogens is 296 g/mol. The highest BCUT2D eigenvalue weighted by atomic mass is 16.3. The van der Waals surface area contributed by atoms with Crippen LogP contribution in [0.2, 0.25) is 0 Å². The molecule has 0 spiro atoms. The quantitative estimate of drug-likeness (QED) is 0.630. The molecule has 0 fully saturated rings. The molecule has 0 bridgehead atoms. The van der Waals surface area contributed by atoms with Crippen LogP contribution in [-0.4, -0.2) is 30.8 Å². The third-order valence-corrected chi connectivity index (χ3v) is 3.29. The van der Waals surface area contributed by atoms with E-state index in [1.807, 2.05) is 0 Å². The number of nitrogens with zero attached hydrogens (tertiary/aromatic N) is 4. The number of nitrogens with two attached hydrogens (primary N) is 1. The number of carbonyl (C=O) groups excluding carboxylic acids is 1. The van der Waals surface area contributed by atoms with Gasteiger partial charge in [-0.25, -0.2) is 14.6 Å². The Hall–Kier alpha value is -3.42. The minimum Gasteiger partial charge on any atom is -0.508 e. The zero-order valence-electron chi connectivity index (χ0n) is 12.3. The third kappa shape index (κ3) is 2.57. The van der Waals surface area contributed by atoms with Crippen LogP contribution >= 0.6 is 0 Å². The number of hydrogen-bond donors (Lipinski definition) is 3. The molecule has 23 heavy (non-hydrogen) atoms. The van der Waals surface area contributed by atoms with E-state index in [-0.39, 0.29) is 17.5 Å². The van der Waals surface area contributed by atoms with E-state index in [1.165, 1.54) is 18.5 Å². The van der Waals surface area contributed by atoms with Crippen molar-refractivity contribution >= 4 is 28.4 Å². The molecule has 3 rings (SSSR count). The van der Waals surface area contributed by atoms with Crippen molar-refractivity contribution in [2.45, 2.75) is 0 Å². The van der Waals surface area contributed by atoms with E-state index in [0.717, 1.165) is 6.08 Å². The van der Waals surface area contributed by atoms with Gasteiger partial charge in [-0.1, -0.05) is 6.58 Å². The highest BCUT2D eigenvalue weighted by Crippen LogP contribution is 2.33. The lowest BCUT2D eigenvalue weighted by atomic mass is 10.1. The SMILES string of the molecule is C=CC(=O)Nc1cc(O)cc(-c2nn(C)c3ncnc(N)c23)c1. The average Bonchev–Trinajstić information content (AvgIpc) is 2.85. The molecule has 2 heterocycles. The van der Waals surface area contributed by atoms with Gasteiger partial charge in [-0.05, 0) is 18.2 Å². The maximum Gasteiger partial charge on any atom is 0.247 e. The molecule has 0 saturated heterocycles. The van der Waals surface area contributed by atoms with E-state index in [1.54, 1.807) is 17.8 Å². The second kappa shape index (κ2) is 5.41. The van der Waals surface area contributed by atoms with Crippen molar-refractivity contribution in [1.29, 1.82) is 0 Å². The van der Waals surface area contributed by atoms with E-state index in [2.05, 4.69) is 27.0 Å². The number of nitrogens with one attached hydrogen (secondary N) is 1. The first kappa shape index (κ1) is 14.5. The Balaban J connectivity index is 2.19. The summed E-state index contributed by atoms with van der Waals surface area (Å²) in [5.74, 6) is -0.107. The first-order chi connectivity index (χ1) is 11.0. The monoisotopic (exact) mass is 310 g/mol. The zero-order chi connectivity index (χ0) is 16.6. The summed E-state index contributed by atoms with van der Waals surface area (Å²) >= 11 is 0. The van der Waals surface area contributed by atoms with Crippen LogP contribution in [0, 0.1) is 0 Å². The summed E-state index contributed by atoms with van der Waals surface area (Å²) in [6.07, 6.45) is 2.51. The number of aromatic hydroxyl groups is 1. The van der Waals surface area contributed by atoms with Crippen LogP contribution in [0.15, 0.2) is 37.2 Å². The van der Waals surface area contributed by atoms with Crippen LogP contribution in [0.25, 0.3) is 22.3 Å². The summed E-state index contributed by atoms with van der Waals surface area (Å²) in [5, 5.41) is 17.5. The molecule has 116 valence electrons. The lowest BCUT2D eigenvalue weighted by Crippen LogP contribution is -2.07. The van der Waals surface area contributed by atoms with E-state index >= 15 is 0 Å². The maximum absolute atomic E-state index is 11.4. The molecule has 0 aliphatic rings. The van der Waals surface area contributed by atoms with Gasteiger partial charge in [0.2, 0.25) is 5.91 Å². The Labute approximate surface area is 131 Å². The first-order valence-electron chi connectivity index (χ1n) is 6.70. The summed E-state index contributed by atoms with van der Waals surface area (Å²) < 4.78 is 1.58.